The Balaban J connectivity index is 1.36. The molecule has 1 amide bonds. The van der Waals surface area contributed by atoms with Crippen molar-refractivity contribution in [3.05, 3.63) is 47.5 Å². The van der Waals surface area contributed by atoms with Gasteiger partial charge in [-0.25, -0.2) is 0 Å². The molecule has 5 nitrogen and oxygen atoms in total. The third-order valence-corrected chi connectivity index (χ3v) is 6.24. The van der Waals surface area contributed by atoms with Gasteiger partial charge in [0.05, 0.1) is 11.8 Å². The predicted octanol–water partition coefficient (Wildman–Crippen LogP) is 2.16. The van der Waals surface area contributed by atoms with Gasteiger partial charge in [-0.15, -0.1) is 0 Å². The fraction of sp³-hybridized carbons (Fsp3) is 0.524. The van der Waals surface area contributed by atoms with E-state index in [4.69, 9.17) is 0 Å². The summed E-state index contributed by atoms with van der Waals surface area (Å²) < 4.78 is 0. The van der Waals surface area contributed by atoms with Crippen molar-refractivity contribution in [3.63, 3.8) is 0 Å². The molecule has 3 aliphatic rings. The highest BCUT2D eigenvalue weighted by Gasteiger charge is 2.52. The molecule has 5 heteroatoms. The Morgan fingerprint density at radius 3 is 2.23 bits per heavy atom. The van der Waals surface area contributed by atoms with Crippen LogP contribution >= 0.6 is 0 Å². The number of carbonyl (C=O) groups is 2. The Bertz CT molecular complexity index is 719. The van der Waals surface area contributed by atoms with E-state index in [1.54, 1.807) is 0 Å². The van der Waals surface area contributed by atoms with E-state index >= 15 is 0 Å². The van der Waals surface area contributed by atoms with Gasteiger partial charge in [0.15, 0.2) is 0 Å². The molecule has 1 aliphatic heterocycles. The first-order valence-corrected chi connectivity index (χ1v) is 9.51. The number of allylic oxidation sites excluding steroid dienone is 2. The van der Waals surface area contributed by atoms with Crippen LogP contribution in [0.5, 0.6) is 0 Å². The van der Waals surface area contributed by atoms with Crippen molar-refractivity contribution in [1.29, 1.82) is 0 Å². The number of hydrogen-bond donors (Lipinski definition) is 1. The van der Waals surface area contributed by atoms with Crippen molar-refractivity contribution >= 4 is 11.9 Å². The van der Waals surface area contributed by atoms with Crippen molar-refractivity contribution in [2.45, 2.75) is 19.9 Å². The molecule has 4 atom stereocenters. The first-order valence-electron chi connectivity index (χ1n) is 9.51. The largest absolute Gasteiger partial charge is 0.481 e. The van der Waals surface area contributed by atoms with Crippen LogP contribution in [-0.2, 0) is 16.1 Å². The number of carboxylic acids is 1. The third-order valence-electron chi connectivity index (χ3n) is 6.24. The van der Waals surface area contributed by atoms with Gasteiger partial charge in [0.1, 0.15) is 0 Å². The van der Waals surface area contributed by atoms with Crippen molar-refractivity contribution in [3.8, 4) is 0 Å². The van der Waals surface area contributed by atoms with Crippen LogP contribution in [0.3, 0.4) is 0 Å². The Labute approximate surface area is 154 Å². The molecule has 0 spiro atoms. The molecule has 26 heavy (non-hydrogen) atoms. The van der Waals surface area contributed by atoms with Crippen molar-refractivity contribution in [2.75, 3.05) is 26.2 Å². The smallest absolute Gasteiger partial charge is 0.307 e. The van der Waals surface area contributed by atoms with Gasteiger partial charge in [0, 0.05) is 32.7 Å². The van der Waals surface area contributed by atoms with Crippen LogP contribution in [0.15, 0.2) is 36.4 Å². The lowest BCUT2D eigenvalue weighted by Crippen LogP contribution is -2.52. The third kappa shape index (κ3) is 3.16. The molecular weight excluding hydrogens is 328 g/mol. The lowest BCUT2D eigenvalue weighted by Gasteiger charge is -2.37. The summed E-state index contributed by atoms with van der Waals surface area (Å²) >= 11 is 0. The van der Waals surface area contributed by atoms with Gasteiger partial charge in [0.2, 0.25) is 5.91 Å². The van der Waals surface area contributed by atoms with Crippen LogP contribution in [0.1, 0.15) is 17.5 Å². The Morgan fingerprint density at radius 2 is 1.62 bits per heavy atom. The molecule has 1 N–H and O–H groups in total. The molecule has 1 aromatic rings. The SMILES string of the molecule is Cc1ccc(CN2CCN(C(=O)[C@@H]3[C@@H](C(=O)O)[C@H]4C=C[C@H]3C4)CC2)cc1. The molecule has 4 rings (SSSR count). The quantitative estimate of drug-likeness (QED) is 0.842. The van der Waals surface area contributed by atoms with Crippen LogP contribution in [0.25, 0.3) is 0 Å². The fourth-order valence-electron chi connectivity index (χ4n) is 4.78. The molecule has 2 bridgehead atoms. The molecule has 1 saturated heterocycles. The van der Waals surface area contributed by atoms with E-state index in [1.165, 1.54) is 11.1 Å². The summed E-state index contributed by atoms with van der Waals surface area (Å²) in [5.74, 6) is -1.54. The van der Waals surface area contributed by atoms with E-state index in [0.29, 0.717) is 13.1 Å². The normalized spacial score (nSPS) is 30.7. The maximum Gasteiger partial charge on any atom is 0.307 e. The monoisotopic (exact) mass is 354 g/mol. The molecule has 2 fully saturated rings. The highest BCUT2D eigenvalue weighted by Crippen LogP contribution is 2.48. The zero-order valence-electron chi connectivity index (χ0n) is 15.2. The second-order valence-electron chi connectivity index (χ2n) is 7.93. The number of aliphatic carboxylic acids is 1. The fourth-order valence-corrected chi connectivity index (χ4v) is 4.78. The van der Waals surface area contributed by atoms with Crippen LogP contribution < -0.4 is 0 Å². The first-order chi connectivity index (χ1) is 12.5. The topological polar surface area (TPSA) is 60.9 Å². The minimum absolute atomic E-state index is 0.0364. The minimum atomic E-state index is -0.821. The molecule has 0 radical (unpaired) electrons. The molecule has 0 unspecified atom stereocenters. The highest BCUT2D eigenvalue weighted by molar-refractivity contribution is 5.87. The molecule has 1 aromatic carbocycles. The van der Waals surface area contributed by atoms with E-state index in [2.05, 4.69) is 42.2 Å². The number of nitrogens with zero attached hydrogens (tertiary/aromatic N) is 2. The number of benzene rings is 1. The number of piperazine rings is 1. The summed E-state index contributed by atoms with van der Waals surface area (Å²) in [6.07, 6.45) is 4.87. The van der Waals surface area contributed by atoms with Gasteiger partial charge >= 0.3 is 5.97 Å². The average Bonchev–Trinajstić information content (AvgIpc) is 3.25. The molecule has 2 aliphatic carbocycles. The number of carboxylic acid groups (broad SMARTS) is 1. The predicted molar refractivity (Wildman–Crippen MR) is 98.4 cm³/mol. The summed E-state index contributed by atoms with van der Waals surface area (Å²) in [7, 11) is 0. The van der Waals surface area contributed by atoms with E-state index in [9.17, 15) is 14.7 Å². The Morgan fingerprint density at radius 1 is 1.00 bits per heavy atom. The summed E-state index contributed by atoms with van der Waals surface area (Å²) in [6.45, 7) is 6.05. The van der Waals surface area contributed by atoms with Gasteiger partial charge in [-0.1, -0.05) is 42.0 Å². The van der Waals surface area contributed by atoms with Gasteiger partial charge in [-0.05, 0) is 30.7 Å². The van der Waals surface area contributed by atoms with E-state index in [-0.39, 0.29) is 23.7 Å². The zero-order chi connectivity index (χ0) is 18.3. The van der Waals surface area contributed by atoms with Crippen molar-refractivity contribution < 1.29 is 14.7 Å². The minimum Gasteiger partial charge on any atom is -0.481 e. The second kappa shape index (κ2) is 6.88. The summed E-state index contributed by atoms with van der Waals surface area (Å²) in [6, 6.07) is 8.57. The summed E-state index contributed by atoms with van der Waals surface area (Å²) in [4.78, 5) is 28.9. The Kier molecular flexibility index (Phi) is 4.57. The first kappa shape index (κ1) is 17.3. The number of fused-ring (bicyclic) bond motifs is 2. The maximum atomic E-state index is 13.0. The molecule has 1 heterocycles. The lowest BCUT2D eigenvalue weighted by atomic mass is 9.82. The van der Waals surface area contributed by atoms with Crippen LogP contribution in [0.2, 0.25) is 0 Å². The lowest BCUT2D eigenvalue weighted by molar-refractivity contribution is -0.151. The number of aryl methyl sites for hydroxylation is 1. The highest BCUT2D eigenvalue weighted by atomic mass is 16.4. The molecular formula is C21H26N2O3. The van der Waals surface area contributed by atoms with Gasteiger partial charge in [0.25, 0.3) is 0 Å². The number of amides is 1. The van der Waals surface area contributed by atoms with Gasteiger partial charge in [-0.3, -0.25) is 14.5 Å². The van der Waals surface area contributed by atoms with Crippen LogP contribution in [-0.4, -0.2) is 53.0 Å². The van der Waals surface area contributed by atoms with Crippen molar-refractivity contribution in [2.24, 2.45) is 23.7 Å². The van der Waals surface area contributed by atoms with Crippen molar-refractivity contribution in [1.82, 2.24) is 9.80 Å². The maximum absolute atomic E-state index is 13.0. The van der Waals surface area contributed by atoms with E-state index in [0.717, 1.165) is 26.1 Å². The molecule has 1 saturated carbocycles. The number of rotatable bonds is 4. The second-order valence-corrected chi connectivity index (χ2v) is 7.93. The average molecular weight is 354 g/mol. The molecule has 138 valence electrons. The van der Waals surface area contributed by atoms with E-state index < -0.39 is 11.9 Å². The Hall–Kier alpha value is -2.14. The number of hydrogen-bond acceptors (Lipinski definition) is 3. The van der Waals surface area contributed by atoms with Crippen LogP contribution in [0, 0.1) is 30.6 Å². The summed E-state index contributed by atoms with van der Waals surface area (Å²) in [5, 5.41) is 9.57. The standard InChI is InChI=1S/C21H26N2O3/c1-14-2-4-15(5-3-14)13-22-8-10-23(11-9-22)20(24)18-16-6-7-17(12-16)19(18)21(25)26/h2-7,16-19H,8-13H2,1H3,(H,25,26)/t16-,17-,18-,19-/m0/s1. The summed E-state index contributed by atoms with van der Waals surface area (Å²) in [5.41, 5.74) is 2.55. The van der Waals surface area contributed by atoms with Gasteiger partial charge < -0.3 is 10.0 Å². The molecule has 0 aromatic heterocycles. The van der Waals surface area contributed by atoms with E-state index in [1.807, 2.05) is 11.0 Å². The van der Waals surface area contributed by atoms with Gasteiger partial charge in [-0.2, -0.15) is 0 Å². The van der Waals surface area contributed by atoms with Crippen LogP contribution in [0.4, 0.5) is 0 Å². The number of carbonyl (C=O) groups excluding carboxylic acids is 1. The zero-order valence-corrected chi connectivity index (χ0v) is 15.2.